The zero-order valence-corrected chi connectivity index (χ0v) is 17.9. The predicted molar refractivity (Wildman–Crippen MR) is 123 cm³/mol. The molecule has 3 aromatic carbocycles. The topological polar surface area (TPSA) is 49.2 Å². The fourth-order valence-corrected chi connectivity index (χ4v) is 4.01. The Morgan fingerprint density at radius 1 is 0.839 bits per heavy atom. The maximum atomic E-state index is 6.08. The average molecular weight is 430 g/mol. The number of hydrogen-bond donors (Lipinski definition) is 0. The number of fused-ring (bicyclic) bond motifs is 3. The summed E-state index contributed by atoms with van der Waals surface area (Å²) < 4.78 is 13.3. The first-order valence-corrected chi connectivity index (χ1v) is 10.3. The van der Waals surface area contributed by atoms with Gasteiger partial charge < -0.3 is 14.0 Å². The molecule has 0 amide bonds. The quantitative estimate of drug-likeness (QED) is 0.348. The SMILES string of the molecule is COc1cc2c3nnc(-c4ccccc4)c-3cn(Cc3ccc(Cl)cc3)c2cc1OC. The van der Waals surface area contributed by atoms with Crippen molar-refractivity contribution in [2.75, 3.05) is 14.2 Å². The Bertz CT molecular complexity index is 1330. The molecule has 154 valence electrons. The number of hydrogen-bond acceptors (Lipinski definition) is 4. The summed E-state index contributed by atoms with van der Waals surface area (Å²) in [6.07, 6.45) is 2.11. The number of benzene rings is 3. The van der Waals surface area contributed by atoms with Gasteiger partial charge in [-0.25, -0.2) is 0 Å². The van der Waals surface area contributed by atoms with Crippen LogP contribution in [0.5, 0.6) is 11.5 Å². The van der Waals surface area contributed by atoms with E-state index in [4.69, 9.17) is 21.1 Å². The van der Waals surface area contributed by atoms with Gasteiger partial charge in [0, 0.05) is 40.3 Å². The van der Waals surface area contributed by atoms with E-state index in [-0.39, 0.29) is 0 Å². The molecule has 0 atom stereocenters. The molecule has 5 nitrogen and oxygen atoms in total. The molecular formula is C25H20ClN3O2. The van der Waals surface area contributed by atoms with Gasteiger partial charge in [0.1, 0.15) is 11.4 Å². The molecule has 0 saturated carbocycles. The third-order valence-corrected chi connectivity index (χ3v) is 5.68. The van der Waals surface area contributed by atoms with Gasteiger partial charge in [0.05, 0.1) is 19.7 Å². The molecule has 0 unspecified atom stereocenters. The van der Waals surface area contributed by atoms with Crippen LogP contribution in [0.15, 0.2) is 72.9 Å². The average Bonchev–Trinajstić information content (AvgIpc) is 3.24. The van der Waals surface area contributed by atoms with Gasteiger partial charge in [-0.2, -0.15) is 0 Å². The highest BCUT2D eigenvalue weighted by Gasteiger charge is 2.22. The summed E-state index contributed by atoms with van der Waals surface area (Å²) in [5.41, 5.74) is 5.83. The van der Waals surface area contributed by atoms with Crippen LogP contribution in [0.2, 0.25) is 5.02 Å². The Hall–Kier alpha value is -3.57. The fourth-order valence-electron chi connectivity index (χ4n) is 3.89. The summed E-state index contributed by atoms with van der Waals surface area (Å²) in [4.78, 5) is 0. The number of pyridine rings is 1. The van der Waals surface area contributed by atoms with Crippen molar-refractivity contribution in [1.29, 1.82) is 0 Å². The van der Waals surface area contributed by atoms with E-state index >= 15 is 0 Å². The van der Waals surface area contributed by atoms with Gasteiger partial charge in [-0.15, -0.1) is 10.2 Å². The summed E-state index contributed by atoms with van der Waals surface area (Å²) in [5.74, 6) is 1.33. The maximum Gasteiger partial charge on any atom is 0.162 e. The van der Waals surface area contributed by atoms with Crippen molar-refractivity contribution in [2.45, 2.75) is 6.54 Å². The van der Waals surface area contributed by atoms with Crippen LogP contribution in [0.4, 0.5) is 0 Å². The monoisotopic (exact) mass is 429 g/mol. The van der Waals surface area contributed by atoms with E-state index in [1.165, 1.54) is 0 Å². The zero-order valence-electron chi connectivity index (χ0n) is 17.2. The second-order valence-electron chi connectivity index (χ2n) is 7.28. The van der Waals surface area contributed by atoms with Gasteiger partial charge in [0.25, 0.3) is 0 Å². The molecule has 31 heavy (non-hydrogen) atoms. The molecule has 0 radical (unpaired) electrons. The summed E-state index contributed by atoms with van der Waals surface area (Å²) in [5, 5.41) is 10.7. The van der Waals surface area contributed by atoms with Gasteiger partial charge in [-0.05, 0) is 23.8 Å². The van der Waals surface area contributed by atoms with Crippen LogP contribution in [-0.4, -0.2) is 29.0 Å². The third-order valence-electron chi connectivity index (χ3n) is 5.43. The first kappa shape index (κ1) is 19.4. The normalized spacial score (nSPS) is 11.2. The van der Waals surface area contributed by atoms with E-state index in [0.29, 0.717) is 18.0 Å². The Morgan fingerprint density at radius 2 is 1.52 bits per heavy atom. The van der Waals surface area contributed by atoms with Gasteiger partial charge in [0.2, 0.25) is 0 Å². The van der Waals surface area contributed by atoms with E-state index in [2.05, 4.69) is 21.0 Å². The lowest BCUT2D eigenvalue weighted by molar-refractivity contribution is 0.355. The van der Waals surface area contributed by atoms with Crippen molar-refractivity contribution < 1.29 is 9.47 Å². The van der Waals surface area contributed by atoms with Crippen LogP contribution in [0, 0.1) is 0 Å². The summed E-state index contributed by atoms with van der Waals surface area (Å²) in [7, 11) is 3.28. The number of aromatic nitrogens is 3. The predicted octanol–water partition coefficient (Wildman–Crippen LogP) is 5.92. The molecule has 2 aliphatic rings. The fraction of sp³-hybridized carbons (Fsp3) is 0.120. The van der Waals surface area contributed by atoms with E-state index in [1.54, 1.807) is 14.2 Å². The van der Waals surface area contributed by atoms with Crippen molar-refractivity contribution in [3.05, 3.63) is 83.5 Å². The molecule has 5 rings (SSSR count). The molecule has 0 aromatic heterocycles. The Labute approximate surface area is 185 Å². The molecule has 0 bridgehead atoms. The van der Waals surface area contributed by atoms with E-state index in [9.17, 15) is 0 Å². The summed E-state index contributed by atoms with van der Waals surface area (Å²) >= 11 is 6.08. The molecule has 3 aromatic rings. The summed E-state index contributed by atoms with van der Waals surface area (Å²) in [6, 6.07) is 21.9. The second kappa shape index (κ2) is 7.93. The lowest BCUT2D eigenvalue weighted by atomic mass is 10.0. The molecule has 2 heterocycles. The minimum Gasteiger partial charge on any atom is -0.493 e. The molecule has 2 aliphatic heterocycles. The first-order chi connectivity index (χ1) is 15.2. The lowest BCUT2D eigenvalue weighted by Gasteiger charge is -2.17. The first-order valence-electron chi connectivity index (χ1n) is 9.89. The standard InChI is InChI=1S/C25H20ClN3O2/c1-30-22-12-19-21(13-23(22)31-2)29(14-16-8-10-18(26)11-9-16)15-20-24(27-28-25(19)20)17-6-4-3-5-7-17/h3-13,15H,14H2,1-2H3. The Balaban J connectivity index is 1.77. The highest BCUT2D eigenvalue weighted by Crippen LogP contribution is 2.40. The minimum absolute atomic E-state index is 0.657. The van der Waals surface area contributed by atoms with Crippen molar-refractivity contribution in [3.63, 3.8) is 0 Å². The molecule has 0 spiro atoms. The van der Waals surface area contributed by atoms with Crippen LogP contribution < -0.4 is 9.47 Å². The number of ether oxygens (including phenoxy) is 2. The van der Waals surface area contributed by atoms with Crippen molar-refractivity contribution in [3.8, 4) is 34.0 Å². The maximum absolute atomic E-state index is 6.08. The Kier molecular flexibility index (Phi) is 4.96. The number of halogens is 1. The van der Waals surface area contributed by atoms with Crippen LogP contribution in [-0.2, 0) is 6.54 Å². The number of methoxy groups -OCH3 is 2. The molecule has 6 heteroatoms. The third kappa shape index (κ3) is 3.47. The van der Waals surface area contributed by atoms with Crippen molar-refractivity contribution in [2.24, 2.45) is 0 Å². The zero-order chi connectivity index (χ0) is 21.4. The van der Waals surface area contributed by atoms with Gasteiger partial charge >= 0.3 is 0 Å². The van der Waals surface area contributed by atoms with E-state index in [0.717, 1.165) is 44.0 Å². The van der Waals surface area contributed by atoms with Crippen molar-refractivity contribution in [1.82, 2.24) is 14.8 Å². The minimum atomic E-state index is 0.657. The molecule has 0 saturated heterocycles. The van der Waals surface area contributed by atoms with E-state index < -0.39 is 0 Å². The van der Waals surface area contributed by atoms with Crippen LogP contribution in [0.25, 0.3) is 33.4 Å². The Morgan fingerprint density at radius 3 is 2.23 bits per heavy atom. The van der Waals surface area contributed by atoms with Crippen molar-refractivity contribution >= 4 is 22.5 Å². The van der Waals surface area contributed by atoms with Crippen LogP contribution in [0.1, 0.15) is 5.56 Å². The smallest absolute Gasteiger partial charge is 0.162 e. The summed E-state index contributed by atoms with van der Waals surface area (Å²) in [6.45, 7) is 0.665. The lowest BCUT2D eigenvalue weighted by Crippen LogP contribution is -2.05. The van der Waals surface area contributed by atoms with Gasteiger partial charge in [-0.3, -0.25) is 0 Å². The number of rotatable bonds is 5. The van der Waals surface area contributed by atoms with Gasteiger partial charge in [-0.1, -0.05) is 54.1 Å². The van der Waals surface area contributed by atoms with Crippen LogP contribution >= 0.6 is 11.6 Å². The largest absolute Gasteiger partial charge is 0.493 e. The highest BCUT2D eigenvalue weighted by atomic mass is 35.5. The molecular weight excluding hydrogens is 410 g/mol. The molecule has 0 N–H and O–H groups in total. The van der Waals surface area contributed by atoms with E-state index in [1.807, 2.05) is 66.7 Å². The molecule has 0 aliphatic carbocycles. The number of nitrogens with zero attached hydrogens (tertiary/aromatic N) is 3. The van der Waals surface area contributed by atoms with Crippen LogP contribution in [0.3, 0.4) is 0 Å². The highest BCUT2D eigenvalue weighted by molar-refractivity contribution is 6.30. The molecule has 0 fully saturated rings. The second-order valence-corrected chi connectivity index (χ2v) is 7.72. The van der Waals surface area contributed by atoms with Gasteiger partial charge in [0.15, 0.2) is 11.5 Å².